The number of rotatable bonds is 6. The van der Waals surface area contributed by atoms with Crippen LogP contribution in [0.1, 0.15) is 44.1 Å². The molecule has 0 unspecified atom stereocenters. The van der Waals surface area contributed by atoms with Crippen molar-refractivity contribution in [1.29, 1.82) is 0 Å². The molecule has 3 atom stereocenters. The maximum atomic E-state index is 14.5. The third-order valence-corrected chi connectivity index (χ3v) is 6.55. The van der Waals surface area contributed by atoms with E-state index < -0.39 is 23.2 Å². The largest absolute Gasteiger partial charge is 0.473 e. The molecule has 1 aliphatic rings. The van der Waals surface area contributed by atoms with Crippen LogP contribution in [0.25, 0.3) is 11.5 Å². The van der Waals surface area contributed by atoms with E-state index in [4.69, 9.17) is 20.9 Å². The highest BCUT2D eigenvalue weighted by molar-refractivity contribution is 6.29. The molecule has 1 aliphatic heterocycles. The number of hydrogen-bond acceptors (Lipinski definition) is 6. The Morgan fingerprint density at radius 3 is 2.53 bits per heavy atom. The van der Waals surface area contributed by atoms with Gasteiger partial charge in [0.15, 0.2) is 17.3 Å². The summed E-state index contributed by atoms with van der Waals surface area (Å²) in [5.41, 5.74) is -0.489. The molecule has 0 saturated carbocycles. The molecule has 3 heterocycles. The van der Waals surface area contributed by atoms with E-state index in [1.807, 2.05) is 18.9 Å². The molecule has 182 valence electrons. The summed E-state index contributed by atoms with van der Waals surface area (Å²) in [6.07, 6.45) is -0.873. The molecule has 6 nitrogen and oxygen atoms in total. The molecule has 0 radical (unpaired) electrons. The molecule has 0 aliphatic carbocycles. The monoisotopic (exact) mass is 494 g/mol. The Labute approximate surface area is 201 Å². The number of nitrogens with zero attached hydrogens (tertiary/aromatic N) is 4. The number of likely N-dealkylation sites (tertiary alicyclic amines) is 1. The molecule has 1 fully saturated rings. The first kappa shape index (κ1) is 24.5. The van der Waals surface area contributed by atoms with Crippen molar-refractivity contribution in [1.82, 2.24) is 20.0 Å². The number of ether oxygens (including phenoxy) is 1. The lowest BCUT2D eigenvalue weighted by Crippen LogP contribution is -2.38. The summed E-state index contributed by atoms with van der Waals surface area (Å²) in [6, 6.07) is 5.07. The van der Waals surface area contributed by atoms with Gasteiger partial charge in [-0.1, -0.05) is 22.8 Å². The summed E-state index contributed by atoms with van der Waals surface area (Å²) in [4.78, 5) is 10.6. The van der Waals surface area contributed by atoms with E-state index in [9.17, 15) is 13.2 Å². The molecule has 10 heteroatoms. The maximum absolute atomic E-state index is 14.5. The van der Waals surface area contributed by atoms with Gasteiger partial charge in [-0.15, -0.1) is 0 Å². The molecule has 0 bridgehead atoms. The van der Waals surface area contributed by atoms with Gasteiger partial charge in [0.1, 0.15) is 29.1 Å². The lowest BCUT2D eigenvalue weighted by atomic mass is 9.79. The van der Waals surface area contributed by atoms with Gasteiger partial charge < -0.3 is 9.26 Å². The fourth-order valence-electron chi connectivity index (χ4n) is 4.68. The first-order chi connectivity index (χ1) is 16.0. The molecular formula is C24H26ClF3N4O2. The van der Waals surface area contributed by atoms with Crippen LogP contribution in [0.4, 0.5) is 13.2 Å². The zero-order chi connectivity index (χ0) is 24.8. The topological polar surface area (TPSA) is 64.3 Å². The van der Waals surface area contributed by atoms with E-state index >= 15 is 0 Å². The van der Waals surface area contributed by atoms with Gasteiger partial charge in [-0.3, -0.25) is 4.90 Å². The van der Waals surface area contributed by atoms with Crippen LogP contribution >= 0.6 is 11.6 Å². The van der Waals surface area contributed by atoms with Crippen LogP contribution in [0.2, 0.25) is 5.15 Å². The molecule has 0 N–H and O–H groups in total. The second-order valence-corrected chi connectivity index (χ2v) is 9.61. The SMILES string of the molecule is Cc1c(-c2nc(Cl)cc(O[C@@H](C)[C@@H]3C[C@@H](F)CN3C)n2)noc1C(C)(C)c1c(F)cccc1F. The number of hydrogen-bond donors (Lipinski definition) is 0. The van der Waals surface area contributed by atoms with Crippen molar-refractivity contribution in [3.63, 3.8) is 0 Å². The molecule has 1 saturated heterocycles. The molecular weight excluding hydrogens is 469 g/mol. The number of benzene rings is 1. The van der Waals surface area contributed by atoms with Crippen LogP contribution < -0.4 is 4.74 Å². The molecule has 2 aromatic heterocycles. The van der Waals surface area contributed by atoms with E-state index in [1.54, 1.807) is 20.8 Å². The first-order valence-electron chi connectivity index (χ1n) is 11.0. The van der Waals surface area contributed by atoms with Crippen molar-refractivity contribution in [2.75, 3.05) is 13.6 Å². The van der Waals surface area contributed by atoms with E-state index in [1.165, 1.54) is 24.3 Å². The Morgan fingerprint density at radius 2 is 1.91 bits per heavy atom. The molecule has 0 spiro atoms. The summed E-state index contributed by atoms with van der Waals surface area (Å²) in [7, 11) is 1.85. The molecule has 4 rings (SSSR count). The highest BCUT2D eigenvalue weighted by Crippen LogP contribution is 2.39. The third kappa shape index (κ3) is 4.51. The Balaban J connectivity index is 1.66. The van der Waals surface area contributed by atoms with Crippen LogP contribution in [0.3, 0.4) is 0 Å². The summed E-state index contributed by atoms with van der Waals surface area (Å²) >= 11 is 6.22. The normalized spacial score (nSPS) is 20.0. The van der Waals surface area contributed by atoms with Gasteiger partial charge in [0, 0.05) is 29.8 Å². The average molecular weight is 495 g/mol. The molecule has 0 amide bonds. The van der Waals surface area contributed by atoms with Crippen molar-refractivity contribution in [2.24, 2.45) is 0 Å². The van der Waals surface area contributed by atoms with Crippen LogP contribution in [0.5, 0.6) is 5.88 Å². The quantitative estimate of drug-likeness (QED) is 0.421. The van der Waals surface area contributed by atoms with Crippen LogP contribution in [0.15, 0.2) is 28.8 Å². The number of alkyl halides is 1. The van der Waals surface area contributed by atoms with Crippen molar-refractivity contribution in [3.8, 4) is 17.4 Å². The van der Waals surface area contributed by atoms with E-state index in [0.29, 0.717) is 18.5 Å². The van der Waals surface area contributed by atoms with Crippen molar-refractivity contribution < 1.29 is 22.4 Å². The second-order valence-electron chi connectivity index (χ2n) is 9.22. The van der Waals surface area contributed by atoms with Gasteiger partial charge in [0.05, 0.1) is 5.41 Å². The number of likely N-dealkylation sites (N-methyl/N-ethyl adjacent to an activating group) is 1. The molecule has 34 heavy (non-hydrogen) atoms. The minimum absolute atomic E-state index is 0.107. The van der Waals surface area contributed by atoms with Crippen LogP contribution in [0, 0.1) is 18.6 Å². The summed E-state index contributed by atoms with van der Waals surface area (Å²) in [5.74, 6) is -0.735. The van der Waals surface area contributed by atoms with Gasteiger partial charge in [0.2, 0.25) is 5.88 Å². The predicted molar refractivity (Wildman–Crippen MR) is 122 cm³/mol. The highest BCUT2D eigenvalue weighted by Gasteiger charge is 2.37. The van der Waals surface area contributed by atoms with Crippen LogP contribution in [-0.4, -0.2) is 51.9 Å². The Morgan fingerprint density at radius 1 is 1.24 bits per heavy atom. The Kier molecular flexibility index (Phi) is 6.61. The Bertz CT molecular complexity index is 1180. The van der Waals surface area contributed by atoms with Crippen LogP contribution in [-0.2, 0) is 5.41 Å². The third-order valence-electron chi connectivity index (χ3n) is 6.36. The number of aromatic nitrogens is 3. The highest BCUT2D eigenvalue weighted by atomic mass is 35.5. The Hall–Kier alpha value is -2.65. The minimum Gasteiger partial charge on any atom is -0.473 e. The summed E-state index contributed by atoms with van der Waals surface area (Å²) in [6.45, 7) is 7.21. The van der Waals surface area contributed by atoms with Gasteiger partial charge in [0.25, 0.3) is 0 Å². The van der Waals surface area contributed by atoms with Gasteiger partial charge in [-0.05, 0) is 53.3 Å². The lowest BCUT2D eigenvalue weighted by molar-refractivity contribution is 0.117. The van der Waals surface area contributed by atoms with Gasteiger partial charge in [-0.2, -0.15) is 4.98 Å². The van der Waals surface area contributed by atoms with Crippen molar-refractivity contribution in [2.45, 2.75) is 57.8 Å². The van der Waals surface area contributed by atoms with Crippen molar-refractivity contribution in [3.05, 3.63) is 57.9 Å². The lowest BCUT2D eigenvalue weighted by Gasteiger charge is -2.26. The summed E-state index contributed by atoms with van der Waals surface area (Å²) in [5, 5.41) is 4.20. The van der Waals surface area contributed by atoms with Gasteiger partial charge in [-0.25, -0.2) is 18.2 Å². The predicted octanol–water partition coefficient (Wildman–Crippen LogP) is 5.51. The molecule has 3 aromatic rings. The fraction of sp³-hybridized carbons (Fsp3) is 0.458. The zero-order valence-corrected chi connectivity index (χ0v) is 20.3. The molecule has 1 aromatic carbocycles. The maximum Gasteiger partial charge on any atom is 0.218 e. The van der Waals surface area contributed by atoms with E-state index in [0.717, 1.165) is 0 Å². The standard InChI is InChI=1S/C24H26ClF3N4O2/c1-12-21(31-34-22(12)24(3,4)20-15(27)7-6-8-16(20)28)23-29-18(25)10-19(30-23)33-13(2)17-9-14(26)11-32(17)5/h6-8,10,13-14,17H,9,11H2,1-5H3/t13-,14+,17-/m0/s1. The summed E-state index contributed by atoms with van der Waals surface area (Å²) < 4.78 is 54.3. The first-order valence-corrected chi connectivity index (χ1v) is 11.3. The van der Waals surface area contributed by atoms with E-state index in [2.05, 4.69) is 15.1 Å². The smallest absolute Gasteiger partial charge is 0.218 e. The minimum atomic E-state index is -1.16. The fourth-order valence-corrected chi connectivity index (χ4v) is 4.86. The van der Waals surface area contributed by atoms with Gasteiger partial charge >= 0.3 is 0 Å². The van der Waals surface area contributed by atoms with E-state index in [-0.39, 0.29) is 46.0 Å². The average Bonchev–Trinajstić information content (AvgIpc) is 3.29. The zero-order valence-electron chi connectivity index (χ0n) is 19.6. The second kappa shape index (κ2) is 9.19. The number of halogens is 4. The van der Waals surface area contributed by atoms with Crippen molar-refractivity contribution >= 4 is 11.6 Å².